The first kappa shape index (κ1) is 30.1. The van der Waals surface area contributed by atoms with Crippen LogP contribution in [0.15, 0.2) is 60.7 Å². The molecule has 4 aromatic carbocycles. The molecule has 42 heavy (non-hydrogen) atoms. The van der Waals surface area contributed by atoms with Gasteiger partial charge in [0.25, 0.3) is 0 Å². The number of halogens is 2. The van der Waals surface area contributed by atoms with Gasteiger partial charge in [0.1, 0.15) is 0 Å². The molecule has 2 heterocycles. The van der Waals surface area contributed by atoms with Gasteiger partial charge in [-0.2, -0.15) is 0 Å². The fourth-order valence-electron chi connectivity index (χ4n) is 7.35. The van der Waals surface area contributed by atoms with Crippen LogP contribution in [0.5, 0.6) is 23.0 Å². The van der Waals surface area contributed by atoms with Crippen molar-refractivity contribution in [3.05, 3.63) is 94.0 Å². The average Bonchev–Trinajstić information content (AvgIpc) is 2.96. The van der Waals surface area contributed by atoms with E-state index in [1.807, 2.05) is 12.1 Å². The molecule has 0 aromatic heterocycles. The van der Waals surface area contributed by atoms with Crippen LogP contribution in [0.3, 0.4) is 0 Å². The van der Waals surface area contributed by atoms with E-state index in [1.165, 1.54) is 22.3 Å². The monoisotopic (exact) mass is 606 g/mol. The number of nitrogens with zero attached hydrogens (tertiary/aromatic N) is 2. The van der Waals surface area contributed by atoms with E-state index in [4.69, 9.17) is 0 Å². The van der Waals surface area contributed by atoms with Crippen molar-refractivity contribution in [3.8, 4) is 45.3 Å². The van der Waals surface area contributed by atoms with Gasteiger partial charge >= 0.3 is 0 Å². The average molecular weight is 608 g/mol. The van der Waals surface area contributed by atoms with Crippen LogP contribution < -0.4 is 0 Å². The summed E-state index contributed by atoms with van der Waals surface area (Å²) in [6.45, 7) is 2.14. The van der Waals surface area contributed by atoms with Gasteiger partial charge in [0.2, 0.25) is 0 Å². The molecule has 4 aliphatic rings. The van der Waals surface area contributed by atoms with E-state index in [2.05, 4.69) is 60.3 Å². The Kier molecular flexibility index (Phi) is 8.12. The molecule has 0 spiro atoms. The molecule has 0 bridgehead atoms. The second-order valence-electron chi connectivity index (χ2n) is 11.6. The van der Waals surface area contributed by atoms with Crippen molar-refractivity contribution in [2.45, 2.75) is 37.8 Å². The van der Waals surface area contributed by atoms with E-state index in [1.54, 1.807) is 12.1 Å². The van der Waals surface area contributed by atoms with Gasteiger partial charge in [-0.25, -0.2) is 0 Å². The molecule has 2 aliphatic heterocycles. The van der Waals surface area contributed by atoms with E-state index < -0.39 is 0 Å². The SMILES string of the molecule is CN1CCc2cccc3c2[C@H]1Cc1ccc(O)c(O)c1-3.CN1CCc2cccc3c2[C@H]1Cc1ccc(O)c(O)c1-3.Cl.Cl. The highest BCUT2D eigenvalue weighted by Gasteiger charge is 2.35. The number of benzene rings is 4. The van der Waals surface area contributed by atoms with E-state index in [9.17, 15) is 20.4 Å². The maximum absolute atomic E-state index is 10.3. The first-order chi connectivity index (χ1) is 19.3. The smallest absolute Gasteiger partial charge is 0.165 e. The van der Waals surface area contributed by atoms with E-state index in [-0.39, 0.29) is 47.8 Å². The fourth-order valence-corrected chi connectivity index (χ4v) is 7.35. The third kappa shape index (κ3) is 4.58. The fraction of sp³-hybridized carbons (Fsp3) is 0.294. The zero-order valence-electron chi connectivity index (χ0n) is 23.7. The molecule has 4 aromatic rings. The highest BCUT2D eigenvalue weighted by molar-refractivity contribution is 5.86. The van der Waals surface area contributed by atoms with Gasteiger partial charge in [0.15, 0.2) is 23.0 Å². The molecule has 0 saturated heterocycles. The number of hydrogen-bond acceptors (Lipinski definition) is 6. The minimum atomic E-state index is -0.0380. The van der Waals surface area contributed by atoms with E-state index >= 15 is 0 Å². The number of rotatable bonds is 0. The molecule has 6 nitrogen and oxygen atoms in total. The summed E-state index contributed by atoms with van der Waals surface area (Å²) >= 11 is 0. The Morgan fingerprint density at radius 3 is 1.36 bits per heavy atom. The van der Waals surface area contributed by atoms with E-state index in [0.29, 0.717) is 12.1 Å². The highest BCUT2D eigenvalue weighted by atomic mass is 35.5. The molecular weight excluding hydrogens is 571 g/mol. The second kappa shape index (κ2) is 11.3. The molecule has 8 rings (SSSR count). The molecule has 8 heteroatoms. The normalized spacial score (nSPS) is 19.4. The van der Waals surface area contributed by atoms with Crippen LogP contribution in [-0.4, -0.2) is 57.4 Å². The molecule has 0 fully saturated rings. The van der Waals surface area contributed by atoms with Crippen molar-refractivity contribution in [2.24, 2.45) is 0 Å². The summed E-state index contributed by atoms with van der Waals surface area (Å²) in [5.41, 5.74) is 11.4. The lowest BCUT2D eigenvalue weighted by atomic mass is 9.77. The Labute approximate surface area is 258 Å². The Morgan fingerprint density at radius 1 is 0.548 bits per heavy atom. The van der Waals surface area contributed by atoms with Crippen molar-refractivity contribution in [3.63, 3.8) is 0 Å². The molecule has 0 saturated carbocycles. The topological polar surface area (TPSA) is 87.4 Å². The maximum Gasteiger partial charge on any atom is 0.165 e. The highest BCUT2D eigenvalue weighted by Crippen LogP contribution is 2.51. The van der Waals surface area contributed by atoms with Crippen LogP contribution in [0.4, 0.5) is 0 Å². The molecule has 2 atom stereocenters. The molecule has 2 aliphatic carbocycles. The number of phenols is 4. The van der Waals surface area contributed by atoms with Gasteiger partial charge in [-0.1, -0.05) is 48.5 Å². The van der Waals surface area contributed by atoms with Gasteiger partial charge in [-0.05, 0) is 96.4 Å². The summed E-state index contributed by atoms with van der Waals surface area (Å²) < 4.78 is 0. The van der Waals surface area contributed by atoms with Crippen LogP contribution in [0.25, 0.3) is 22.3 Å². The zero-order chi connectivity index (χ0) is 27.7. The third-order valence-electron chi connectivity index (χ3n) is 9.44. The van der Waals surface area contributed by atoms with Crippen LogP contribution in [-0.2, 0) is 25.7 Å². The lowest BCUT2D eigenvalue weighted by Gasteiger charge is -2.39. The molecule has 0 unspecified atom stereocenters. The van der Waals surface area contributed by atoms with Crippen molar-refractivity contribution in [2.75, 3.05) is 27.2 Å². The van der Waals surface area contributed by atoms with Crippen LogP contribution in [0, 0.1) is 0 Å². The number of fused-ring (bicyclic) bond motifs is 4. The number of hydrogen-bond donors (Lipinski definition) is 4. The summed E-state index contributed by atoms with van der Waals surface area (Å²) in [6, 6.07) is 20.4. The summed E-state index contributed by atoms with van der Waals surface area (Å²) in [7, 11) is 4.32. The van der Waals surface area contributed by atoms with Gasteiger partial charge in [0.05, 0.1) is 0 Å². The van der Waals surface area contributed by atoms with Crippen LogP contribution in [0.2, 0.25) is 0 Å². The predicted molar refractivity (Wildman–Crippen MR) is 170 cm³/mol. The van der Waals surface area contributed by atoms with Crippen molar-refractivity contribution in [1.82, 2.24) is 9.80 Å². The quantitative estimate of drug-likeness (QED) is 0.170. The number of aromatic hydroxyl groups is 4. The number of likely N-dealkylation sites (N-methyl/N-ethyl adjacent to an activating group) is 2. The summed E-state index contributed by atoms with van der Waals surface area (Å²) in [5.74, 6) is -0.0434. The lowest BCUT2D eigenvalue weighted by molar-refractivity contribution is 0.228. The summed E-state index contributed by atoms with van der Waals surface area (Å²) in [5, 5.41) is 40.1. The van der Waals surface area contributed by atoms with Crippen molar-refractivity contribution < 1.29 is 20.4 Å². The summed E-state index contributed by atoms with van der Waals surface area (Å²) in [6.07, 6.45) is 3.88. The maximum atomic E-state index is 10.3. The first-order valence-corrected chi connectivity index (χ1v) is 14.1. The Balaban J connectivity index is 0.000000160. The first-order valence-electron chi connectivity index (χ1n) is 14.1. The molecule has 0 amide bonds. The van der Waals surface area contributed by atoms with Crippen molar-refractivity contribution in [1.29, 1.82) is 0 Å². The van der Waals surface area contributed by atoms with Gasteiger partial charge in [0, 0.05) is 36.3 Å². The minimum absolute atomic E-state index is 0. The van der Waals surface area contributed by atoms with Gasteiger partial charge < -0.3 is 20.4 Å². The second-order valence-corrected chi connectivity index (χ2v) is 11.6. The van der Waals surface area contributed by atoms with Gasteiger partial charge in [-0.3, -0.25) is 9.80 Å². The van der Waals surface area contributed by atoms with Gasteiger partial charge in [-0.15, -0.1) is 24.8 Å². The van der Waals surface area contributed by atoms with Crippen molar-refractivity contribution >= 4 is 24.8 Å². The lowest BCUT2D eigenvalue weighted by Crippen LogP contribution is -2.35. The minimum Gasteiger partial charge on any atom is -0.504 e. The van der Waals surface area contributed by atoms with E-state index in [0.717, 1.165) is 72.2 Å². The molecule has 0 radical (unpaired) electrons. The van der Waals surface area contributed by atoms with Crippen LogP contribution in [0.1, 0.15) is 45.5 Å². The zero-order valence-corrected chi connectivity index (χ0v) is 25.3. The standard InChI is InChI=1S/2C17H17NO2.2ClH/c2*1-18-8-7-10-3-2-4-12-15(10)13(18)9-11-5-6-14(19)17(20)16(11)12;;/h2*2-6,13,19-20H,7-9H2,1H3;2*1H/t2*13-;;/m11../s1. The third-order valence-corrected chi connectivity index (χ3v) is 9.44. The summed E-state index contributed by atoms with van der Waals surface area (Å²) in [4.78, 5) is 4.78. The number of phenolic OH excluding ortho intramolecular Hbond substituents is 4. The molecular formula is C34H36Cl2N2O4. The molecule has 220 valence electrons. The van der Waals surface area contributed by atoms with Crippen LogP contribution >= 0.6 is 24.8 Å². The molecule has 4 N–H and O–H groups in total. The Morgan fingerprint density at radius 2 is 0.952 bits per heavy atom. The Bertz CT molecular complexity index is 1550. The predicted octanol–water partition coefficient (Wildman–Crippen LogP) is 6.54. The Hall–Kier alpha value is -3.42. The largest absolute Gasteiger partial charge is 0.504 e.